The van der Waals surface area contributed by atoms with Crippen molar-refractivity contribution < 1.29 is 14.3 Å². The topological polar surface area (TPSA) is 89.8 Å². The highest BCUT2D eigenvalue weighted by Gasteiger charge is 2.16. The Balaban J connectivity index is 2.39. The molecule has 2 aromatic heterocycles. The standard InChI is InChI=1S/C12H13N3O4S/c1-6-5-20-12-13-7(2)10(11(18)15(6)12)14-8(16)4-9(17)19-3/h5H,4H2,1-3H3,(H,14,16). The Morgan fingerprint density at radius 1 is 1.45 bits per heavy atom. The summed E-state index contributed by atoms with van der Waals surface area (Å²) in [6.07, 6.45) is -0.444. The quantitative estimate of drug-likeness (QED) is 0.670. The molecule has 8 heteroatoms. The molecule has 0 spiro atoms. The summed E-state index contributed by atoms with van der Waals surface area (Å²) < 4.78 is 5.82. The van der Waals surface area contributed by atoms with Gasteiger partial charge in [0.05, 0.1) is 12.8 Å². The number of ether oxygens (including phenoxy) is 1. The predicted octanol–water partition coefficient (Wildman–Crippen LogP) is 0.874. The van der Waals surface area contributed by atoms with Crippen LogP contribution in [0.5, 0.6) is 0 Å². The molecule has 1 N–H and O–H groups in total. The number of thiazole rings is 1. The Hall–Kier alpha value is -2.22. The molecule has 0 saturated heterocycles. The minimum absolute atomic E-state index is 0.0814. The number of carbonyl (C=O) groups is 2. The minimum atomic E-state index is -0.666. The fraction of sp³-hybridized carbons (Fsp3) is 0.333. The number of nitrogens with one attached hydrogen (secondary N) is 1. The summed E-state index contributed by atoms with van der Waals surface area (Å²) in [5.74, 6) is -1.27. The monoisotopic (exact) mass is 295 g/mol. The molecule has 0 bridgehead atoms. The summed E-state index contributed by atoms with van der Waals surface area (Å²) >= 11 is 1.35. The van der Waals surface area contributed by atoms with E-state index in [1.807, 2.05) is 5.38 Å². The summed E-state index contributed by atoms with van der Waals surface area (Å²) in [7, 11) is 1.19. The van der Waals surface area contributed by atoms with Crippen LogP contribution >= 0.6 is 11.3 Å². The van der Waals surface area contributed by atoms with Gasteiger partial charge in [0, 0.05) is 11.1 Å². The summed E-state index contributed by atoms with van der Waals surface area (Å²) in [6, 6.07) is 0. The van der Waals surface area contributed by atoms with Crippen LogP contribution < -0.4 is 10.9 Å². The lowest BCUT2D eigenvalue weighted by Gasteiger charge is -2.07. The van der Waals surface area contributed by atoms with Gasteiger partial charge in [-0.1, -0.05) is 0 Å². The lowest BCUT2D eigenvalue weighted by atomic mass is 10.3. The highest BCUT2D eigenvalue weighted by molar-refractivity contribution is 7.15. The second kappa shape index (κ2) is 5.41. The van der Waals surface area contributed by atoms with Crippen LogP contribution in [-0.2, 0) is 14.3 Å². The van der Waals surface area contributed by atoms with Crippen molar-refractivity contribution in [2.24, 2.45) is 0 Å². The number of aromatic nitrogens is 2. The highest BCUT2D eigenvalue weighted by Crippen LogP contribution is 2.15. The number of methoxy groups -OCH3 is 1. The van der Waals surface area contributed by atoms with E-state index in [9.17, 15) is 14.4 Å². The van der Waals surface area contributed by atoms with Crippen LogP contribution in [0.3, 0.4) is 0 Å². The number of hydrogen-bond acceptors (Lipinski definition) is 6. The molecule has 0 atom stereocenters. The van der Waals surface area contributed by atoms with Crippen molar-refractivity contribution in [2.45, 2.75) is 20.3 Å². The Bertz CT molecular complexity index is 747. The Morgan fingerprint density at radius 3 is 2.80 bits per heavy atom. The Morgan fingerprint density at radius 2 is 2.15 bits per heavy atom. The van der Waals surface area contributed by atoms with E-state index >= 15 is 0 Å². The van der Waals surface area contributed by atoms with Crippen molar-refractivity contribution in [1.29, 1.82) is 0 Å². The van der Waals surface area contributed by atoms with Gasteiger partial charge in [0.2, 0.25) is 5.91 Å². The second-order valence-electron chi connectivity index (χ2n) is 4.17. The zero-order valence-electron chi connectivity index (χ0n) is 11.2. The minimum Gasteiger partial charge on any atom is -0.469 e. The Labute approximate surface area is 118 Å². The molecule has 2 aromatic rings. The van der Waals surface area contributed by atoms with Crippen molar-refractivity contribution in [3.8, 4) is 0 Å². The van der Waals surface area contributed by atoms with E-state index in [2.05, 4.69) is 15.0 Å². The molecule has 2 rings (SSSR count). The maximum Gasteiger partial charge on any atom is 0.315 e. The first-order valence-corrected chi connectivity index (χ1v) is 6.66. The van der Waals surface area contributed by atoms with Gasteiger partial charge in [0.15, 0.2) is 4.96 Å². The number of rotatable bonds is 3. The summed E-state index contributed by atoms with van der Waals surface area (Å²) in [5.41, 5.74) is 0.878. The maximum absolute atomic E-state index is 12.3. The predicted molar refractivity (Wildman–Crippen MR) is 74.1 cm³/mol. The average molecular weight is 295 g/mol. The molecule has 0 saturated carbocycles. The number of aryl methyl sites for hydroxylation is 2. The molecule has 7 nitrogen and oxygen atoms in total. The molecular formula is C12H13N3O4S. The first-order chi connectivity index (χ1) is 9.43. The third-order valence-corrected chi connectivity index (χ3v) is 3.66. The van der Waals surface area contributed by atoms with Crippen LogP contribution in [0, 0.1) is 13.8 Å². The van der Waals surface area contributed by atoms with E-state index in [1.165, 1.54) is 22.8 Å². The van der Waals surface area contributed by atoms with Gasteiger partial charge in [-0.25, -0.2) is 4.98 Å². The molecule has 0 aliphatic carbocycles. The summed E-state index contributed by atoms with van der Waals surface area (Å²) in [5, 5.41) is 4.23. The van der Waals surface area contributed by atoms with Gasteiger partial charge in [-0.05, 0) is 13.8 Å². The van der Waals surface area contributed by atoms with Crippen molar-refractivity contribution in [3.63, 3.8) is 0 Å². The zero-order valence-corrected chi connectivity index (χ0v) is 12.0. The third-order valence-electron chi connectivity index (χ3n) is 2.72. The number of carbonyl (C=O) groups excluding carboxylic acids is 2. The lowest BCUT2D eigenvalue weighted by Crippen LogP contribution is -2.26. The fourth-order valence-electron chi connectivity index (χ4n) is 1.71. The van der Waals surface area contributed by atoms with E-state index in [0.29, 0.717) is 10.7 Å². The maximum atomic E-state index is 12.3. The fourth-order valence-corrected chi connectivity index (χ4v) is 2.62. The van der Waals surface area contributed by atoms with Gasteiger partial charge in [-0.15, -0.1) is 11.3 Å². The molecule has 0 aliphatic heterocycles. The van der Waals surface area contributed by atoms with Gasteiger partial charge < -0.3 is 10.1 Å². The molecule has 0 aromatic carbocycles. The average Bonchev–Trinajstić information content (AvgIpc) is 2.75. The first-order valence-electron chi connectivity index (χ1n) is 5.78. The molecule has 0 unspecified atom stereocenters. The largest absolute Gasteiger partial charge is 0.469 e. The van der Waals surface area contributed by atoms with Gasteiger partial charge >= 0.3 is 5.97 Å². The van der Waals surface area contributed by atoms with Gasteiger partial charge in [0.25, 0.3) is 5.56 Å². The van der Waals surface area contributed by atoms with E-state index in [1.54, 1.807) is 13.8 Å². The molecule has 20 heavy (non-hydrogen) atoms. The lowest BCUT2D eigenvalue weighted by molar-refractivity contribution is -0.142. The normalized spacial score (nSPS) is 10.6. The van der Waals surface area contributed by atoms with Crippen molar-refractivity contribution in [2.75, 3.05) is 12.4 Å². The number of hydrogen-bond donors (Lipinski definition) is 1. The molecule has 2 heterocycles. The van der Waals surface area contributed by atoms with Crippen LogP contribution in [0.1, 0.15) is 17.8 Å². The molecule has 1 amide bonds. The Kier molecular flexibility index (Phi) is 3.84. The van der Waals surface area contributed by atoms with Crippen molar-refractivity contribution in [3.05, 3.63) is 27.1 Å². The van der Waals surface area contributed by atoms with E-state index in [-0.39, 0.29) is 11.2 Å². The number of esters is 1. The number of fused-ring (bicyclic) bond motifs is 1. The van der Waals surface area contributed by atoms with E-state index < -0.39 is 18.3 Å². The zero-order chi connectivity index (χ0) is 14.9. The smallest absolute Gasteiger partial charge is 0.315 e. The van der Waals surface area contributed by atoms with E-state index in [4.69, 9.17) is 0 Å². The van der Waals surface area contributed by atoms with Crippen molar-refractivity contribution in [1.82, 2.24) is 9.38 Å². The van der Waals surface area contributed by atoms with E-state index in [0.717, 1.165) is 5.69 Å². The molecule has 0 aliphatic rings. The van der Waals surface area contributed by atoms with Crippen LogP contribution in [0.2, 0.25) is 0 Å². The van der Waals surface area contributed by atoms with Crippen LogP contribution in [-0.4, -0.2) is 28.4 Å². The third kappa shape index (κ3) is 2.55. The number of nitrogens with zero attached hydrogens (tertiary/aromatic N) is 2. The van der Waals surface area contributed by atoms with Crippen LogP contribution in [0.25, 0.3) is 4.96 Å². The number of amides is 1. The summed E-state index contributed by atoms with van der Waals surface area (Å²) in [4.78, 5) is 39.8. The number of anilines is 1. The van der Waals surface area contributed by atoms with Gasteiger partial charge in [0.1, 0.15) is 12.1 Å². The molecule has 106 valence electrons. The molecular weight excluding hydrogens is 282 g/mol. The highest BCUT2D eigenvalue weighted by atomic mass is 32.1. The summed E-state index contributed by atoms with van der Waals surface area (Å²) in [6.45, 7) is 3.41. The molecule has 0 fully saturated rings. The SMILES string of the molecule is COC(=O)CC(=O)Nc1c(C)nc2scc(C)n2c1=O. The molecule has 0 radical (unpaired) electrons. The van der Waals surface area contributed by atoms with Gasteiger partial charge in [-0.3, -0.25) is 18.8 Å². The van der Waals surface area contributed by atoms with Crippen LogP contribution in [0.15, 0.2) is 10.2 Å². The van der Waals surface area contributed by atoms with Crippen molar-refractivity contribution >= 4 is 33.9 Å². The van der Waals surface area contributed by atoms with Gasteiger partial charge in [-0.2, -0.15) is 0 Å². The van der Waals surface area contributed by atoms with Crippen LogP contribution in [0.4, 0.5) is 5.69 Å². The first kappa shape index (κ1) is 14.2. The second-order valence-corrected chi connectivity index (χ2v) is 5.01.